The van der Waals surface area contributed by atoms with Gasteiger partial charge in [-0.15, -0.1) is 0 Å². The number of thiocarbonyl (C=S) groups is 1. The largest absolute Gasteiger partial charge is 0.493 e. The molecule has 2 aliphatic heterocycles. The molecule has 1 unspecified atom stereocenters. The summed E-state index contributed by atoms with van der Waals surface area (Å²) in [6, 6.07) is 9.14. The Labute approximate surface area is 191 Å². The molecule has 0 bridgehead atoms. The maximum Gasteiger partial charge on any atom is 0.344 e. The molecule has 0 radical (unpaired) electrons. The molecule has 164 valence electrons. The number of benzene rings is 2. The van der Waals surface area contributed by atoms with Crippen LogP contribution in [0.1, 0.15) is 27.7 Å². The van der Waals surface area contributed by atoms with Crippen LogP contribution in [0.4, 0.5) is 5.69 Å². The summed E-state index contributed by atoms with van der Waals surface area (Å²) >= 11 is 6.32. The van der Waals surface area contributed by atoms with E-state index in [1.807, 2.05) is 0 Å². The van der Waals surface area contributed by atoms with Crippen molar-refractivity contribution in [2.24, 2.45) is 0 Å². The van der Waals surface area contributed by atoms with Gasteiger partial charge >= 0.3 is 5.97 Å². The van der Waals surface area contributed by atoms with Gasteiger partial charge in [0.2, 0.25) is 0 Å². The molecule has 2 aromatic rings. The summed E-state index contributed by atoms with van der Waals surface area (Å²) in [5, 5.41) is 12.1. The van der Waals surface area contributed by atoms with Crippen molar-refractivity contribution in [2.45, 2.75) is 6.23 Å². The number of non-ortho nitro benzene ring substituents is 1. The van der Waals surface area contributed by atoms with E-state index in [9.17, 15) is 19.7 Å². The average Bonchev–Trinajstić information content (AvgIpc) is 3.24. The van der Waals surface area contributed by atoms with Crippen LogP contribution >= 0.6 is 24.0 Å². The Balaban J connectivity index is 1.59. The number of carbonyl (C=O) groups excluding carboxylic acids is 2. The van der Waals surface area contributed by atoms with Gasteiger partial charge in [0.1, 0.15) is 5.56 Å². The molecule has 2 heterocycles. The first-order chi connectivity index (χ1) is 15.3. The summed E-state index contributed by atoms with van der Waals surface area (Å²) in [5.41, 5.74) is 3.88. The predicted octanol–water partition coefficient (Wildman–Crippen LogP) is 3.19. The van der Waals surface area contributed by atoms with Crippen LogP contribution < -0.4 is 14.9 Å². The van der Waals surface area contributed by atoms with Gasteiger partial charge in [-0.25, -0.2) is 9.80 Å². The van der Waals surface area contributed by atoms with Gasteiger partial charge in [-0.2, -0.15) is 5.43 Å². The van der Waals surface area contributed by atoms with Gasteiger partial charge < -0.3 is 14.2 Å². The van der Waals surface area contributed by atoms with Crippen LogP contribution in [0.15, 0.2) is 41.3 Å². The fraction of sp³-hybridized carbons (Fsp3) is 0.150. The lowest BCUT2D eigenvalue weighted by Gasteiger charge is -2.21. The van der Waals surface area contributed by atoms with Gasteiger partial charge in [-0.05, 0) is 23.8 Å². The highest BCUT2D eigenvalue weighted by Gasteiger charge is 2.40. The summed E-state index contributed by atoms with van der Waals surface area (Å²) in [6.07, 6.45) is 0.535. The monoisotopic (exact) mass is 473 g/mol. The van der Waals surface area contributed by atoms with Crippen molar-refractivity contribution in [2.75, 3.05) is 14.2 Å². The molecule has 2 aliphatic rings. The predicted molar refractivity (Wildman–Crippen MR) is 119 cm³/mol. The van der Waals surface area contributed by atoms with Gasteiger partial charge in [0.25, 0.3) is 11.6 Å². The molecule has 0 spiro atoms. The first-order valence-corrected chi connectivity index (χ1v) is 10.3. The van der Waals surface area contributed by atoms with Gasteiger partial charge in [-0.1, -0.05) is 36.1 Å². The second kappa shape index (κ2) is 8.57. The Morgan fingerprint density at radius 2 is 2.03 bits per heavy atom. The van der Waals surface area contributed by atoms with Crippen molar-refractivity contribution in [1.29, 1.82) is 0 Å². The molecule has 0 aliphatic carbocycles. The van der Waals surface area contributed by atoms with Crippen molar-refractivity contribution in [3.05, 3.63) is 68.1 Å². The number of esters is 1. The number of hydrazine groups is 1. The topological polar surface area (TPSA) is 120 Å². The van der Waals surface area contributed by atoms with Crippen molar-refractivity contribution in [1.82, 2.24) is 10.4 Å². The Morgan fingerprint density at radius 3 is 2.72 bits per heavy atom. The van der Waals surface area contributed by atoms with E-state index >= 15 is 0 Å². The van der Waals surface area contributed by atoms with Gasteiger partial charge in [0, 0.05) is 17.7 Å². The number of nitrogens with zero attached hydrogens (tertiary/aromatic N) is 2. The number of carbonyl (C=O) groups is 2. The van der Waals surface area contributed by atoms with E-state index in [2.05, 4.69) is 5.43 Å². The number of nitro groups is 1. The zero-order chi connectivity index (χ0) is 23.0. The van der Waals surface area contributed by atoms with Crippen molar-refractivity contribution < 1.29 is 28.7 Å². The van der Waals surface area contributed by atoms with E-state index in [-0.39, 0.29) is 26.2 Å². The summed E-state index contributed by atoms with van der Waals surface area (Å²) in [7, 11) is 2.86. The number of nitro benzene ring substituents is 1. The van der Waals surface area contributed by atoms with E-state index in [0.29, 0.717) is 16.9 Å². The molecule has 1 fully saturated rings. The number of ether oxygens (including phenoxy) is 3. The molecule has 2 aromatic carbocycles. The summed E-state index contributed by atoms with van der Waals surface area (Å²) in [5.74, 6) is -0.507. The van der Waals surface area contributed by atoms with Gasteiger partial charge in [0.15, 0.2) is 22.0 Å². The number of rotatable bonds is 6. The fourth-order valence-electron chi connectivity index (χ4n) is 3.27. The standard InChI is InChI=1S/C20H15N3O7S2/c1-28-13-7-6-12-15(16(13)29-2)19(25)30-17(12)21-22-18(24)14(32-20(22)31)9-10-4-3-5-11(8-10)23(26)27/h3-9,17,21H,1-2H3/b14-9-. The zero-order valence-corrected chi connectivity index (χ0v) is 18.3. The second-order valence-electron chi connectivity index (χ2n) is 6.55. The minimum atomic E-state index is -0.975. The molecule has 1 saturated heterocycles. The molecule has 0 aromatic heterocycles. The van der Waals surface area contributed by atoms with E-state index in [4.69, 9.17) is 26.4 Å². The molecule has 0 saturated carbocycles. The Bertz CT molecular complexity index is 1200. The normalized spacial score (nSPS) is 18.7. The third kappa shape index (κ3) is 3.79. The lowest BCUT2D eigenvalue weighted by Crippen LogP contribution is -2.43. The van der Waals surface area contributed by atoms with Crippen LogP contribution in [0.3, 0.4) is 0 Å². The summed E-state index contributed by atoms with van der Waals surface area (Å²) in [4.78, 5) is 36.1. The molecule has 10 nitrogen and oxygen atoms in total. The van der Waals surface area contributed by atoms with Gasteiger partial charge in [0.05, 0.1) is 24.0 Å². The molecular weight excluding hydrogens is 458 g/mol. The Morgan fingerprint density at radius 1 is 1.25 bits per heavy atom. The van der Waals surface area contributed by atoms with Crippen LogP contribution in [0.5, 0.6) is 11.5 Å². The first kappa shape index (κ1) is 21.7. The van der Waals surface area contributed by atoms with E-state index in [1.54, 1.807) is 18.2 Å². The lowest BCUT2D eigenvalue weighted by atomic mass is 10.1. The quantitative estimate of drug-likeness (QED) is 0.220. The second-order valence-corrected chi connectivity index (χ2v) is 8.22. The third-order valence-corrected chi connectivity index (χ3v) is 6.01. The third-order valence-electron chi connectivity index (χ3n) is 4.71. The minimum Gasteiger partial charge on any atom is -0.493 e. The Hall–Kier alpha value is -3.48. The number of hydrogen-bond acceptors (Lipinski definition) is 10. The average molecular weight is 473 g/mol. The molecule has 1 amide bonds. The number of thioether (sulfide) groups is 1. The van der Waals surface area contributed by atoms with E-state index < -0.39 is 23.0 Å². The van der Waals surface area contributed by atoms with Gasteiger partial charge in [-0.3, -0.25) is 14.9 Å². The number of cyclic esters (lactones) is 1. The maximum atomic E-state index is 12.9. The smallest absolute Gasteiger partial charge is 0.344 e. The first-order valence-electron chi connectivity index (χ1n) is 9.08. The number of hydrogen-bond donors (Lipinski definition) is 1. The van der Waals surface area contributed by atoms with E-state index in [0.717, 1.165) is 16.8 Å². The minimum absolute atomic E-state index is 0.0915. The lowest BCUT2D eigenvalue weighted by molar-refractivity contribution is -0.384. The SMILES string of the molecule is COc1ccc2c(c1OC)C(=O)OC2NN1C(=O)/C(=C/c2cccc([N+](=O)[O-])c2)SC1=S. The molecule has 1 atom stereocenters. The highest BCUT2D eigenvalue weighted by atomic mass is 32.2. The van der Waals surface area contributed by atoms with Crippen molar-refractivity contribution in [3.63, 3.8) is 0 Å². The highest BCUT2D eigenvalue weighted by molar-refractivity contribution is 8.26. The number of fused-ring (bicyclic) bond motifs is 1. The van der Waals surface area contributed by atoms with Crippen molar-refractivity contribution in [3.8, 4) is 11.5 Å². The molecule has 4 rings (SSSR count). The van der Waals surface area contributed by atoms with Crippen LogP contribution in [0.2, 0.25) is 0 Å². The molecule has 32 heavy (non-hydrogen) atoms. The number of nitrogens with one attached hydrogen (secondary N) is 1. The van der Waals surface area contributed by atoms with Crippen LogP contribution in [0, 0.1) is 10.1 Å². The fourth-order valence-corrected chi connectivity index (χ4v) is 4.47. The summed E-state index contributed by atoms with van der Waals surface area (Å²) in [6.45, 7) is 0. The molecule has 1 N–H and O–H groups in total. The van der Waals surface area contributed by atoms with Crippen molar-refractivity contribution >= 4 is 51.9 Å². The Kier molecular flexibility index (Phi) is 5.82. The zero-order valence-electron chi connectivity index (χ0n) is 16.7. The highest BCUT2D eigenvalue weighted by Crippen LogP contribution is 2.42. The maximum absolute atomic E-state index is 12.9. The van der Waals surface area contributed by atoms with Crippen LogP contribution in [-0.4, -0.2) is 40.3 Å². The van der Waals surface area contributed by atoms with Crippen LogP contribution in [0.25, 0.3) is 6.08 Å². The molecule has 12 heteroatoms. The molecular formula is C20H15N3O7S2. The summed E-state index contributed by atoms with van der Waals surface area (Å²) < 4.78 is 16.1. The van der Waals surface area contributed by atoms with E-state index in [1.165, 1.54) is 38.5 Å². The van der Waals surface area contributed by atoms with Crippen LogP contribution in [-0.2, 0) is 9.53 Å². The number of amides is 1. The number of methoxy groups -OCH3 is 2.